The van der Waals surface area contributed by atoms with Crippen LogP contribution in [0.3, 0.4) is 0 Å². The number of carbonyl (C=O) groups is 1. The Morgan fingerprint density at radius 3 is 2.76 bits per heavy atom. The van der Waals surface area contributed by atoms with Gasteiger partial charge in [0.05, 0.1) is 11.7 Å². The number of likely N-dealkylation sites (tertiary alicyclic amines) is 1. The molecule has 0 unspecified atom stereocenters. The number of hydrogen-bond acceptors (Lipinski definition) is 4. The third kappa shape index (κ3) is 4.10. The Kier molecular flexibility index (Phi) is 5.49. The van der Waals surface area contributed by atoms with E-state index in [1.807, 2.05) is 78.5 Å². The molecule has 0 bridgehead atoms. The second-order valence-corrected chi connectivity index (χ2v) is 7.85. The fourth-order valence-electron chi connectivity index (χ4n) is 3.73. The van der Waals surface area contributed by atoms with Crippen LogP contribution in [0, 0.1) is 0 Å². The van der Waals surface area contributed by atoms with E-state index in [-0.39, 0.29) is 11.9 Å². The van der Waals surface area contributed by atoms with Gasteiger partial charge < -0.3 is 9.80 Å². The van der Waals surface area contributed by atoms with Gasteiger partial charge in [-0.15, -0.1) is 0 Å². The summed E-state index contributed by atoms with van der Waals surface area (Å²) in [6, 6.07) is 17.1. The van der Waals surface area contributed by atoms with Gasteiger partial charge in [-0.3, -0.25) is 4.79 Å². The molecule has 2 aromatic carbocycles. The highest BCUT2D eigenvalue weighted by Crippen LogP contribution is 2.33. The summed E-state index contributed by atoms with van der Waals surface area (Å²) < 4.78 is 0. The molecular weight excluding hydrogens is 384 g/mol. The predicted octanol–water partition coefficient (Wildman–Crippen LogP) is 4.84. The lowest BCUT2D eigenvalue weighted by atomic mass is 10.1. The molecule has 148 valence electrons. The number of amides is 1. The predicted molar refractivity (Wildman–Crippen MR) is 116 cm³/mol. The molecule has 6 heteroatoms. The van der Waals surface area contributed by atoms with Crippen molar-refractivity contribution in [2.45, 2.75) is 18.9 Å². The van der Waals surface area contributed by atoms with E-state index < -0.39 is 0 Å². The first-order valence-corrected chi connectivity index (χ1v) is 10.1. The van der Waals surface area contributed by atoms with Crippen molar-refractivity contribution in [3.8, 4) is 11.4 Å². The third-order valence-electron chi connectivity index (χ3n) is 5.22. The minimum absolute atomic E-state index is 0.0408. The Balaban J connectivity index is 1.63. The van der Waals surface area contributed by atoms with E-state index in [1.165, 1.54) is 0 Å². The summed E-state index contributed by atoms with van der Waals surface area (Å²) in [7, 11) is 3.95. The Bertz CT molecular complexity index is 1040. The van der Waals surface area contributed by atoms with Gasteiger partial charge in [-0.25, -0.2) is 9.97 Å². The number of hydrogen-bond donors (Lipinski definition) is 0. The topological polar surface area (TPSA) is 49.3 Å². The van der Waals surface area contributed by atoms with Gasteiger partial charge in [0.2, 0.25) is 0 Å². The molecule has 0 spiro atoms. The third-order valence-corrected chi connectivity index (χ3v) is 5.46. The van der Waals surface area contributed by atoms with Crippen LogP contribution in [0.4, 0.5) is 5.69 Å². The summed E-state index contributed by atoms with van der Waals surface area (Å²) >= 11 is 6.12. The number of benzene rings is 2. The highest BCUT2D eigenvalue weighted by molar-refractivity contribution is 6.30. The molecular formula is C23H23ClN4O. The maximum absolute atomic E-state index is 13.3. The zero-order valence-electron chi connectivity index (χ0n) is 16.5. The molecule has 4 rings (SSSR count). The molecule has 1 atom stereocenters. The molecule has 5 nitrogen and oxygen atoms in total. The van der Waals surface area contributed by atoms with E-state index in [0.717, 1.165) is 36.3 Å². The summed E-state index contributed by atoms with van der Waals surface area (Å²) in [5.74, 6) is 0.665. The number of aromatic nitrogens is 2. The van der Waals surface area contributed by atoms with E-state index in [1.54, 1.807) is 6.20 Å². The van der Waals surface area contributed by atoms with Crippen molar-refractivity contribution in [1.82, 2.24) is 14.9 Å². The van der Waals surface area contributed by atoms with E-state index in [4.69, 9.17) is 16.6 Å². The Labute approximate surface area is 176 Å². The zero-order chi connectivity index (χ0) is 20.4. The molecule has 29 heavy (non-hydrogen) atoms. The van der Waals surface area contributed by atoms with Crippen LogP contribution >= 0.6 is 11.6 Å². The molecule has 0 radical (unpaired) electrons. The molecule has 2 heterocycles. The monoisotopic (exact) mass is 406 g/mol. The molecule has 1 aliphatic rings. The second-order valence-electron chi connectivity index (χ2n) is 7.42. The first-order chi connectivity index (χ1) is 14.0. The molecule has 3 aromatic rings. The van der Waals surface area contributed by atoms with Crippen molar-refractivity contribution in [2.75, 3.05) is 25.5 Å². The largest absolute Gasteiger partial charge is 0.378 e. The number of carbonyl (C=O) groups excluding carboxylic acids is 1. The van der Waals surface area contributed by atoms with Crippen molar-refractivity contribution in [2.24, 2.45) is 0 Å². The Morgan fingerprint density at radius 1 is 1.14 bits per heavy atom. The fraction of sp³-hybridized carbons (Fsp3) is 0.261. The van der Waals surface area contributed by atoms with Crippen LogP contribution < -0.4 is 4.90 Å². The minimum Gasteiger partial charge on any atom is -0.378 e. The van der Waals surface area contributed by atoms with Crippen LogP contribution in [0.15, 0.2) is 60.8 Å². The first-order valence-electron chi connectivity index (χ1n) is 9.70. The highest BCUT2D eigenvalue weighted by Gasteiger charge is 2.32. The molecule has 0 saturated carbocycles. The number of nitrogens with zero attached hydrogens (tertiary/aromatic N) is 4. The number of halogens is 1. The van der Waals surface area contributed by atoms with E-state index in [9.17, 15) is 4.79 Å². The van der Waals surface area contributed by atoms with Gasteiger partial charge >= 0.3 is 0 Å². The number of anilines is 1. The summed E-state index contributed by atoms with van der Waals surface area (Å²) in [6.45, 7) is 0.728. The fourth-order valence-corrected chi connectivity index (χ4v) is 3.92. The summed E-state index contributed by atoms with van der Waals surface area (Å²) in [6.07, 6.45) is 3.61. The average Bonchev–Trinajstić information content (AvgIpc) is 3.23. The van der Waals surface area contributed by atoms with Crippen molar-refractivity contribution in [3.63, 3.8) is 0 Å². The van der Waals surface area contributed by atoms with E-state index in [0.29, 0.717) is 16.4 Å². The normalized spacial score (nSPS) is 16.1. The SMILES string of the molecule is CN(C)c1cccc(C(=O)N2CCC[C@H]2c2ccnc(-c3cccc(Cl)c3)n2)c1. The lowest BCUT2D eigenvalue weighted by molar-refractivity contribution is 0.0733. The minimum atomic E-state index is -0.0496. The van der Waals surface area contributed by atoms with Crippen LogP contribution in [0.5, 0.6) is 0 Å². The number of rotatable bonds is 4. The van der Waals surface area contributed by atoms with Gasteiger partial charge in [-0.2, -0.15) is 0 Å². The lowest BCUT2D eigenvalue weighted by Gasteiger charge is -2.25. The van der Waals surface area contributed by atoms with Crippen molar-refractivity contribution >= 4 is 23.2 Å². The van der Waals surface area contributed by atoms with Gasteiger partial charge in [0.1, 0.15) is 0 Å². The molecule has 1 amide bonds. The standard InChI is InChI=1S/C23H23ClN4O/c1-27(2)19-9-4-7-17(15-19)23(29)28-13-5-10-21(28)20-11-12-25-22(26-20)16-6-3-8-18(24)14-16/h3-4,6-9,11-12,14-15,21H,5,10,13H2,1-2H3/t21-/m0/s1. The van der Waals surface area contributed by atoms with Gasteiger partial charge in [0.15, 0.2) is 5.82 Å². The Morgan fingerprint density at radius 2 is 1.97 bits per heavy atom. The van der Waals surface area contributed by atoms with Crippen molar-refractivity contribution in [1.29, 1.82) is 0 Å². The maximum atomic E-state index is 13.3. The van der Waals surface area contributed by atoms with Crippen LogP contribution in [-0.4, -0.2) is 41.4 Å². The summed E-state index contributed by atoms with van der Waals surface area (Å²) in [5, 5.41) is 0.648. The van der Waals surface area contributed by atoms with Crippen molar-refractivity contribution < 1.29 is 4.79 Å². The van der Waals surface area contributed by atoms with Gasteiger partial charge in [-0.05, 0) is 49.2 Å². The van der Waals surface area contributed by atoms with Crippen LogP contribution in [0.2, 0.25) is 5.02 Å². The molecule has 1 saturated heterocycles. The molecule has 1 aliphatic heterocycles. The van der Waals surface area contributed by atoms with Gasteiger partial charge in [-0.1, -0.05) is 29.8 Å². The summed E-state index contributed by atoms with van der Waals surface area (Å²) in [5.41, 5.74) is 3.45. The van der Waals surface area contributed by atoms with Gasteiger partial charge in [0, 0.05) is 48.7 Å². The van der Waals surface area contributed by atoms with Crippen LogP contribution in [0.1, 0.15) is 34.9 Å². The van der Waals surface area contributed by atoms with Crippen LogP contribution in [-0.2, 0) is 0 Å². The van der Waals surface area contributed by atoms with E-state index >= 15 is 0 Å². The molecule has 0 N–H and O–H groups in total. The van der Waals surface area contributed by atoms with Crippen LogP contribution in [0.25, 0.3) is 11.4 Å². The zero-order valence-corrected chi connectivity index (χ0v) is 17.3. The smallest absolute Gasteiger partial charge is 0.254 e. The summed E-state index contributed by atoms with van der Waals surface area (Å²) in [4.78, 5) is 26.3. The molecule has 0 aliphatic carbocycles. The quantitative estimate of drug-likeness (QED) is 0.622. The second kappa shape index (κ2) is 8.21. The van der Waals surface area contributed by atoms with Gasteiger partial charge in [0.25, 0.3) is 5.91 Å². The van der Waals surface area contributed by atoms with Crippen molar-refractivity contribution in [3.05, 3.63) is 77.1 Å². The van der Waals surface area contributed by atoms with E-state index in [2.05, 4.69) is 4.98 Å². The first kappa shape index (κ1) is 19.4. The molecule has 1 aromatic heterocycles. The Hall–Kier alpha value is -2.92. The highest BCUT2D eigenvalue weighted by atomic mass is 35.5. The molecule has 1 fully saturated rings. The lowest BCUT2D eigenvalue weighted by Crippen LogP contribution is -2.31. The maximum Gasteiger partial charge on any atom is 0.254 e. The average molecular weight is 407 g/mol.